The molecule has 3 spiro atoms. The van der Waals surface area contributed by atoms with Gasteiger partial charge in [0.1, 0.15) is 30.5 Å². The minimum Gasteiger partial charge on any atom is -0.388 e. The van der Waals surface area contributed by atoms with Crippen LogP contribution in [0.25, 0.3) is 0 Å². The van der Waals surface area contributed by atoms with Gasteiger partial charge < -0.3 is 44.5 Å². The minimum absolute atomic E-state index is 0.0559. The molecule has 0 aromatic rings. The normalized spacial score (nSPS) is 62.2. The molecule has 5 N–H and O–H groups in total. The summed E-state index contributed by atoms with van der Waals surface area (Å²) in [6.45, 7) is 15.2. The molecule has 8 rings (SSSR count). The van der Waals surface area contributed by atoms with E-state index in [1.54, 1.807) is 13.8 Å². The van der Waals surface area contributed by atoms with Crippen LogP contribution in [-0.4, -0.2) is 92.5 Å². The Morgan fingerprint density at radius 1 is 0.841 bits per heavy atom. The van der Waals surface area contributed by atoms with Crippen LogP contribution in [0, 0.1) is 50.7 Å². The second-order valence-corrected chi connectivity index (χ2v) is 18.3. The van der Waals surface area contributed by atoms with Crippen molar-refractivity contribution in [2.45, 2.75) is 160 Å². The summed E-state index contributed by atoms with van der Waals surface area (Å²) in [5, 5.41) is 54.5. The van der Waals surface area contributed by atoms with Gasteiger partial charge in [-0.25, -0.2) is 0 Å². The maximum absolute atomic E-state index is 12.7. The lowest BCUT2D eigenvalue weighted by molar-refractivity contribution is -0.303. The molecule has 0 radical (unpaired) electrons. The van der Waals surface area contributed by atoms with Crippen molar-refractivity contribution in [3.8, 4) is 0 Å². The smallest absolute Gasteiger partial charge is 0.199 e. The topological polar surface area (TPSA) is 138 Å². The second-order valence-electron chi connectivity index (χ2n) is 18.3. The lowest BCUT2D eigenvalue weighted by Gasteiger charge is -2.63. The van der Waals surface area contributed by atoms with Gasteiger partial charge in [-0.1, -0.05) is 34.6 Å². The fraction of sp³-hybridized carbons (Fsp3) is 1.00. The Bertz CT molecular complexity index is 1200. The molecule has 3 aliphatic heterocycles. The fourth-order valence-corrected chi connectivity index (χ4v) is 14.0. The molecule has 3 saturated heterocycles. The van der Waals surface area contributed by atoms with Crippen molar-refractivity contribution in [3.63, 3.8) is 0 Å². The van der Waals surface area contributed by atoms with Crippen LogP contribution in [0.3, 0.4) is 0 Å². The molecule has 5 aliphatic carbocycles. The summed E-state index contributed by atoms with van der Waals surface area (Å²) in [6, 6.07) is 0. The third kappa shape index (κ3) is 3.38. The molecule has 9 nitrogen and oxygen atoms in total. The van der Waals surface area contributed by atoms with E-state index in [0.717, 1.165) is 44.9 Å². The molecule has 0 amide bonds. The molecule has 8 fully saturated rings. The highest BCUT2D eigenvalue weighted by Crippen LogP contribution is 2.90. The number of aliphatic hydroxyl groups is 5. The Kier molecular flexibility index (Phi) is 6.33. The van der Waals surface area contributed by atoms with E-state index in [1.807, 2.05) is 0 Å². The zero-order valence-electron chi connectivity index (χ0n) is 27.7. The standard InChI is InChI=1S/C35H56O9/c1-17-14-19-26(30(4,5)40)44-35(43-19)25(17)31(6)12-13-34-16-33(34)11-10-22(42-27-24(38)23(37)18(36)15-41-27)29(2,3)20(33)8-9-21(34)32(31,7)28(35)39/h17-28,36-40H,8-16H2,1-7H3/t17-,18-,19+,20+,21-,22+,23-,24+,25-,26-,27-,28+,31+,32-,33+,34-,35-/m1/s1. The summed E-state index contributed by atoms with van der Waals surface area (Å²) in [5.74, 6) is 0.108. The summed E-state index contributed by atoms with van der Waals surface area (Å²) >= 11 is 0. The molecule has 0 aromatic heterocycles. The molecular formula is C35H56O9. The Morgan fingerprint density at radius 2 is 1.52 bits per heavy atom. The lowest BCUT2D eigenvalue weighted by Crippen LogP contribution is -2.61. The van der Waals surface area contributed by atoms with Crippen LogP contribution in [0.15, 0.2) is 0 Å². The predicted octanol–water partition coefficient (Wildman–Crippen LogP) is 3.12. The monoisotopic (exact) mass is 620 g/mol. The Hall–Kier alpha value is -0.360. The van der Waals surface area contributed by atoms with Crippen molar-refractivity contribution >= 4 is 0 Å². The maximum atomic E-state index is 12.7. The zero-order valence-corrected chi connectivity index (χ0v) is 27.7. The van der Waals surface area contributed by atoms with E-state index in [-0.39, 0.29) is 51.8 Å². The minimum atomic E-state index is -1.28. The van der Waals surface area contributed by atoms with E-state index in [0.29, 0.717) is 17.8 Å². The first-order valence-electron chi connectivity index (χ1n) is 17.5. The molecule has 0 aromatic carbocycles. The summed E-state index contributed by atoms with van der Waals surface area (Å²) in [7, 11) is 0. The van der Waals surface area contributed by atoms with Crippen molar-refractivity contribution in [2.24, 2.45) is 50.7 Å². The van der Waals surface area contributed by atoms with Crippen LogP contribution in [0.5, 0.6) is 0 Å². The lowest BCUT2D eigenvalue weighted by atomic mass is 9.41. The van der Waals surface area contributed by atoms with Crippen molar-refractivity contribution in [1.82, 2.24) is 0 Å². The molecule has 250 valence electrons. The summed E-state index contributed by atoms with van der Waals surface area (Å²) in [5.41, 5.74) is -1.39. The van der Waals surface area contributed by atoms with E-state index >= 15 is 0 Å². The van der Waals surface area contributed by atoms with Gasteiger partial charge in [-0.05, 0) is 105 Å². The maximum Gasteiger partial charge on any atom is 0.199 e. The predicted molar refractivity (Wildman–Crippen MR) is 159 cm³/mol. The average Bonchev–Trinajstić information content (AvgIpc) is 3.45. The van der Waals surface area contributed by atoms with E-state index in [1.165, 1.54) is 6.42 Å². The highest BCUT2D eigenvalue weighted by Gasteiger charge is 2.88. The van der Waals surface area contributed by atoms with Crippen LogP contribution in [0.2, 0.25) is 0 Å². The number of hydrogen-bond acceptors (Lipinski definition) is 9. The largest absolute Gasteiger partial charge is 0.388 e. The first kappa shape index (κ1) is 30.9. The van der Waals surface area contributed by atoms with Gasteiger partial charge in [-0.2, -0.15) is 0 Å². The first-order valence-corrected chi connectivity index (χ1v) is 17.5. The Morgan fingerprint density at radius 3 is 2.23 bits per heavy atom. The van der Waals surface area contributed by atoms with Gasteiger partial charge in [0.05, 0.1) is 24.4 Å². The van der Waals surface area contributed by atoms with Gasteiger partial charge in [0.25, 0.3) is 0 Å². The zero-order chi connectivity index (χ0) is 31.6. The Balaban J connectivity index is 1.10. The molecule has 17 atom stereocenters. The van der Waals surface area contributed by atoms with Gasteiger partial charge in [0.2, 0.25) is 0 Å². The molecule has 0 unspecified atom stereocenters. The van der Waals surface area contributed by atoms with Gasteiger partial charge >= 0.3 is 0 Å². The van der Waals surface area contributed by atoms with Gasteiger partial charge in [-0.15, -0.1) is 0 Å². The molecule has 9 heteroatoms. The third-order valence-corrected chi connectivity index (χ3v) is 15.9. The van der Waals surface area contributed by atoms with Crippen LogP contribution >= 0.6 is 0 Å². The van der Waals surface area contributed by atoms with Crippen LogP contribution in [0.1, 0.15) is 99.8 Å². The summed E-state index contributed by atoms with van der Waals surface area (Å²) in [4.78, 5) is 0. The molecular weight excluding hydrogens is 564 g/mol. The molecule has 3 heterocycles. The third-order valence-electron chi connectivity index (χ3n) is 15.9. The van der Waals surface area contributed by atoms with E-state index < -0.39 is 48.2 Å². The van der Waals surface area contributed by atoms with Crippen LogP contribution in [0.4, 0.5) is 0 Å². The number of fused-ring (bicyclic) bond motifs is 4. The van der Waals surface area contributed by atoms with Crippen molar-refractivity contribution in [1.29, 1.82) is 0 Å². The molecule has 8 aliphatic rings. The van der Waals surface area contributed by atoms with Crippen LogP contribution in [-0.2, 0) is 18.9 Å². The van der Waals surface area contributed by atoms with E-state index in [4.69, 9.17) is 18.9 Å². The quantitative estimate of drug-likeness (QED) is 0.301. The highest BCUT2D eigenvalue weighted by atomic mass is 16.8. The van der Waals surface area contributed by atoms with E-state index in [2.05, 4.69) is 34.6 Å². The highest BCUT2D eigenvalue weighted by molar-refractivity contribution is 5.34. The molecule has 44 heavy (non-hydrogen) atoms. The SMILES string of the molecule is C[C@@H]1C[C@@H]2O[C@]3(O[C@H]2C(C)(C)O)[C@@H](O)[C@@]2(C)[C@H]4CC[C@H]5C(C)(C)[C@@H](O[C@H]6OC[C@@H](O)[C@@H](O)[C@@H]6O)CC[C@]56C[C@]46CC[C@@]2(C)[C@@H]13. The summed E-state index contributed by atoms with van der Waals surface area (Å²) in [6.07, 6.45) is 2.00. The number of rotatable bonds is 3. The fourth-order valence-electron chi connectivity index (χ4n) is 14.0. The number of aliphatic hydroxyl groups excluding tert-OH is 4. The van der Waals surface area contributed by atoms with Crippen molar-refractivity contribution < 1.29 is 44.5 Å². The number of ether oxygens (including phenoxy) is 4. The second kappa shape index (κ2) is 9.00. The molecule has 2 bridgehead atoms. The first-order chi connectivity index (χ1) is 20.4. The van der Waals surface area contributed by atoms with Gasteiger partial charge in [0, 0.05) is 11.3 Å². The molecule has 5 saturated carbocycles. The van der Waals surface area contributed by atoms with E-state index in [9.17, 15) is 25.5 Å². The van der Waals surface area contributed by atoms with Crippen LogP contribution < -0.4 is 0 Å². The van der Waals surface area contributed by atoms with Crippen molar-refractivity contribution in [2.75, 3.05) is 6.61 Å². The average molecular weight is 621 g/mol. The van der Waals surface area contributed by atoms with Gasteiger partial charge in [0.15, 0.2) is 12.1 Å². The summed E-state index contributed by atoms with van der Waals surface area (Å²) < 4.78 is 25.8. The Labute approximate surface area is 262 Å². The van der Waals surface area contributed by atoms with Gasteiger partial charge in [-0.3, -0.25) is 0 Å². The van der Waals surface area contributed by atoms with Crippen molar-refractivity contribution in [3.05, 3.63) is 0 Å². The number of hydrogen-bond donors (Lipinski definition) is 5.